The van der Waals surface area contributed by atoms with Gasteiger partial charge in [0.25, 0.3) is 5.89 Å². The lowest BCUT2D eigenvalue weighted by Gasteiger charge is -2.18. The summed E-state index contributed by atoms with van der Waals surface area (Å²) in [6.45, 7) is 3.59. The Hall–Kier alpha value is -4.14. The minimum absolute atomic E-state index is 0.162. The fourth-order valence-electron chi connectivity index (χ4n) is 4.00. The normalized spacial score (nSPS) is 13.1. The van der Waals surface area contributed by atoms with Crippen LogP contribution in [-0.2, 0) is 22.4 Å². The number of fused-ring (bicyclic) bond motifs is 1. The summed E-state index contributed by atoms with van der Waals surface area (Å²) in [6.07, 6.45) is 4.72. The van der Waals surface area contributed by atoms with Gasteiger partial charge >= 0.3 is 17.9 Å². The number of amides is 3. The fourth-order valence-corrected chi connectivity index (χ4v) is 4.00. The van der Waals surface area contributed by atoms with E-state index in [1.54, 1.807) is 38.1 Å². The lowest BCUT2D eigenvalue weighted by molar-refractivity contribution is -0.144. The number of carbonyl (C=O) groups excluding carboxylic acids is 3. The Morgan fingerprint density at radius 1 is 0.971 bits per heavy atom. The van der Waals surface area contributed by atoms with Crippen molar-refractivity contribution in [1.82, 2.24) is 10.3 Å². The van der Waals surface area contributed by atoms with Crippen LogP contribution in [0.25, 0.3) is 11.3 Å². The molecule has 1 aliphatic rings. The van der Waals surface area contributed by atoms with Crippen molar-refractivity contribution in [2.75, 3.05) is 17.7 Å². The van der Waals surface area contributed by atoms with Gasteiger partial charge in [-0.05, 0) is 72.7 Å². The molecule has 1 aromatic heterocycles. The number of esters is 1. The van der Waals surface area contributed by atoms with Crippen molar-refractivity contribution in [1.29, 1.82) is 0 Å². The summed E-state index contributed by atoms with van der Waals surface area (Å²) in [5.74, 6) is -1.10. The van der Waals surface area contributed by atoms with Crippen LogP contribution in [0.4, 0.5) is 16.2 Å². The third-order valence-corrected chi connectivity index (χ3v) is 5.89. The molecule has 2 aromatic carbocycles. The first-order chi connectivity index (χ1) is 16.8. The van der Waals surface area contributed by atoms with Gasteiger partial charge in [-0.2, -0.15) is 0 Å². The average molecular weight is 477 g/mol. The molecule has 0 saturated carbocycles. The van der Waals surface area contributed by atoms with Crippen molar-refractivity contribution in [3.8, 4) is 11.3 Å². The molecule has 3 N–H and O–H groups in total. The second-order valence-corrected chi connectivity index (χ2v) is 8.74. The lowest BCUT2D eigenvalue weighted by atomic mass is 10.0. The van der Waals surface area contributed by atoms with Crippen molar-refractivity contribution in [2.24, 2.45) is 5.92 Å². The number of hydrogen-bond acceptors (Lipinski definition) is 6. The number of oxazole rings is 1. The Morgan fingerprint density at radius 3 is 2.37 bits per heavy atom. The molecule has 4 rings (SSSR count). The van der Waals surface area contributed by atoms with E-state index in [0.717, 1.165) is 24.9 Å². The zero-order valence-corrected chi connectivity index (χ0v) is 19.9. The number of anilines is 2. The van der Waals surface area contributed by atoms with E-state index in [1.807, 2.05) is 12.1 Å². The average Bonchev–Trinajstić information content (AvgIpc) is 3.52. The van der Waals surface area contributed by atoms with Gasteiger partial charge in [0.15, 0.2) is 5.76 Å². The molecule has 1 atom stereocenters. The maximum Gasteiger partial charge on any atom is 0.328 e. The topological polar surface area (TPSA) is 123 Å². The number of methoxy groups -OCH3 is 1. The molecule has 0 saturated heterocycles. The van der Waals surface area contributed by atoms with Gasteiger partial charge < -0.3 is 25.1 Å². The van der Waals surface area contributed by atoms with Crippen LogP contribution >= 0.6 is 0 Å². The molecule has 182 valence electrons. The van der Waals surface area contributed by atoms with E-state index in [4.69, 9.17) is 9.15 Å². The van der Waals surface area contributed by atoms with Crippen molar-refractivity contribution in [3.05, 3.63) is 65.7 Å². The Bertz CT molecular complexity index is 1230. The zero-order chi connectivity index (χ0) is 24.9. The van der Waals surface area contributed by atoms with Crippen LogP contribution in [0.15, 0.2) is 53.1 Å². The molecule has 1 aliphatic carbocycles. The highest BCUT2D eigenvalue weighted by Gasteiger charge is 2.27. The fraction of sp³-hybridized carbons (Fsp3) is 0.308. The number of nitrogens with zero attached hydrogens (tertiary/aromatic N) is 1. The van der Waals surface area contributed by atoms with Gasteiger partial charge in [0.1, 0.15) is 6.04 Å². The van der Waals surface area contributed by atoms with E-state index >= 15 is 0 Å². The molecule has 0 bridgehead atoms. The van der Waals surface area contributed by atoms with Crippen LogP contribution in [0, 0.1) is 5.92 Å². The van der Waals surface area contributed by atoms with Gasteiger partial charge in [-0.15, -0.1) is 0 Å². The molecule has 0 radical (unpaired) electrons. The number of ether oxygens (including phenoxy) is 1. The van der Waals surface area contributed by atoms with Gasteiger partial charge in [-0.25, -0.2) is 14.6 Å². The minimum Gasteiger partial charge on any atom is -0.467 e. The molecule has 9 heteroatoms. The molecule has 3 amide bonds. The molecular formula is C26H28N4O5. The highest BCUT2D eigenvalue weighted by atomic mass is 16.5. The minimum atomic E-state index is -0.809. The monoisotopic (exact) mass is 476 g/mol. The summed E-state index contributed by atoms with van der Waals surface area (Å²) in [5.41, 5.74) is 4.68. The summed E-state index contributed by atoms with van der Waals surface area (Å²) in [4.78, 5) is 40.8. The van der Waals surface area contributed by atoms with Gasteiger partial charge in [0, 0.05) is 16.9 Å². The number of benzene rings is 2. The Balaban J connectivity index is 1.36. The Kier molecular flexibility index (Phi) is 7.14. The highest BCUT2D eigenvalue weighted by molar-refractivity contribution is 6.00. The van der Waals surface area contributed by atoms with E-state index in [1.165, 1.54) is 24.4 Å². The third kappa shape index (κ3) is 5.68. The van der Waals surface area contributed by atoms with E-state index in [-0.39, 0.29) is 17.8 Å². The largest absolute Gasteiger partial charge is 0.467 e. The molecule has 35 heavy (non-hydrogen) atoms. The predicted molar refractivity (Wildman–Crippen MR) is 131 cm³/mol. The van der Waals surface area contributed by atoms with Crippen LogP contribution in [0.3, 0.4) is 0 Å². The standard InChI is InChI=1S/C26H28N4O5/c1-15(2)22(25(32)34-3)30-23(31)24-27-14-21(35-24)17-8-10-19(11-9-17)28-26(33)29-20-12-7-16-5-4-6-18(16)13-20/h7-15,22H,4-6H2,1-3H3,(H,30,31)(H2,28,29,33)/t22-/m0/s1. The number of rotatable bonds is 7. The smallest absolute Gasteiger partial charge is 0.328 e. The first kappa shape index (κ1) is 24.0. The molecule has 0 spiro atoms. The van der Waals surface area contributed by atoms with E-state index in [0.29, 0.717) is 17.0 Å². The molecular weight excluding hydrogens is 448 g/mol. The van der Waals surface area contributed by atoms with Crippen LogP contribution < -0.4 is 16.0 Å². The Morgan fingerprint density at radius 2 is 1.66 bits per heavy atom. The first-order valence-corrected chi connectivity index (χ1v) is 11.5. The maximum atomic E-state index is 12.5. The molecule has 9 nitrogen and oxygen atoms in total. The number of carbonyl (C=O) groups is 3. The highest BCUT2D eigenvalue weighted by Crippen LogP contribution is 2.25. The van der Waals surface area contributed by atoms with Gasteiger partial charge in [0.05, 0.1) is 13.3 Å². The van der Waals surface area contributed by atoms with Crippen molar-refractivity contribution in [2.45, 2.75) is 39.2 Å². The van der Waals surface area contributed by atoms with E-state index in [2.05, 4.69) is 27.0 Å². The van der Waals surface area contributed by atoms with Gasteiger partial charge in [0.2, 0.25) is 0 Å². The summed E-state index contributed by atoms with van der Waals surface area (Å²) in [6, 6.07) is 11.8. The predicted octanol–water partition coefficient (Wildman–Crippen LogP) is 4.40. The molecule has 0 aliphatic heterocycles. The number of aromatic nitrogens is 1. The quantitative estimate of drug-likeness (QED) is 0.435. The van der Waals surface area contributed by atoms with Crippen LogP contribution in [0.1, 0.15) is 42.1 Å². The summed E-state index contributed by atoms with van der Waals surface area (Å²) >= 11 is 0. The van der Waals surface area contributed by atoms with Crippen molar-refractivity contribution in [3.63, 3.8) is 0 Å². The summed E-state index contributed by atoms with van der Waals surface area (Å²) in [5, 5.41) is 8.25. The SMILES string of the molecule is COC(=O)[C@@H](NC(=O)c1ncc(-c2ccc(NC(=O)Nc3ccc4c(c3)CCC4)cc2)o1)C(C)C. The Labute approximate surface area is 203 Å². The van der Waals surface area contributed by atoms with Crippen molar-refractivity contribution < 1.29 is 23.5 Å². The maximum absolute atomic E-state index is 12.5. The molecule has 0 fully saturated rings. The summed E-state index contributed by atoms with van der Waals surface area (Å²) < 4.78 is 10.3. The van der Waals surface area contributed by atoms with Crippen LogP contribution in [0.5, 0.6) is 0 Å². The number of hydrogen-bond donors (Lipinski definition) is 3. The molecule has 1 heterocycles. The first-order valence-electron chi connectivity index (χ1n) is 11.5. The number of aryl methyl sites for hydroxylation is 2. The number of nitrogens with one attached hydrogen (secondary N) is 3. The van der Waals surface area contributed by atoms with Crippen molar-refractivity contribution >= 4 is 29.3 Å². The molecule has 3 aromatic rings. The van der Waals surface area contributed by atoms with E-state index in [9.17, 15) is 14.4 Å². The zero-order valence-electron chi connectivity index (χ0n) is 19.9. The lowest BCUT2D eigenvalue weighted by Crippen LogP contribution is -2.45. The summed E-state index contributed by atoms with van der Waals surface area (Å²) in [7, 11) is 1.27. The molecule has 0 unspecified atom stereocenters. The second kappa shape index (κ2) is 10.4. The van der Waals surface area contributed by atoms with Crippen LogP contribution in [0.2, 0.25) is 0 Å². The van der Waals surface area contributed by atoms with Gasteiger partial charge in [-0.3, -0.25) is 4.79 Å². The second-order valence-electron chi connectivity index (χ2n) is 8.74. The number of urea groups is 1. The van der Waals surface area contributed by atoms with E-state index < -0.39 is 17.9 Å². The third-order valence-electron chi connectivity index (χ3n) is 5.89. The van der Waals surface area contributed by atoms with Gasteiger partial charge in [-0.1, -0.05) is 19.9 Å². The van der Waals surface area contributed by atoms with Crippen LogP contribution in [-0.4, -0.2) is 36.0 Å².